The van der Waals surface area contributed by atoms with Crippen LogP contribution in [0.25, 0.3) is 0 Å². The van der Waals surface area contributed by atoms with Crippen molar-refractivity contribution in [3.63, 3.8) is 0 Å². The van der Waals surface area contributed by atoms with E-state index in [2.05, 4.69) is 0 Å². The molecule has 106 valence electrons. The Morgan fingerprint density at radius 2 is 1.85 bits per heavy atom. The Hall–Kier alpha value is -1.72. The van der Waals surface area contributed by atoms with E-state index in [0.717, 1.165) is 11.6 Å². The zero-order valence-corrected chi connectivity index (χ0v) is 11.8. The van der Waals surface area contributed by atoms with Crippen molar-refractivity contribution < 1.29 is 17.9 Å². The zero-order valence-electron chi connectivity index (χ0n) is 11.0. The fraction of sp³-hybridized carbons (Fsp3) is 0.200. The van der Waals surface area contributed by atoms with Crippen LogP contribution in [0.15, 0.2) is 53.4 Å². The number of sulfone groups is 1. The molecule has 0 aliphatic carbocycles. The quantitative estimate of drug-likeness (QED) is 0.943. The first-order valence-corrected chi connectivity index (χ1v) is 7.77. The van der Waals surface area contributed by atoms with E-state index in [-0.39, 0.29) is 4.90 Å². The maximum atomic E-state index is 13.1. The summed E-state index contributed by atoms with van der Waals surface area (Å²) in [5.41, 5.74) is 1.38. The van der Waals surface area contributed by atoms with E-state index in [9.17, 15) is 17.9 Å². The van der Waals surface area contributed by atoms with Crippen LogP contribution in [-0.4, -0.2) is 19.3 Å². The van der Waals surface area contributed by atoms with Crippen LogP contribution in [0.5, 0.6) is 0 Å². The van der Waals surface area contributed by atoms with Gasteiger partial charge in [-0.15, -0.1) is 0 Å². The van der Waals surface area contributed by atoms with Gasteiger partial charge in [0.05, 0.1) is 16.8 Å². The Morgan fingerprint density at radius 1 is 1.15 bits per heavy atom. The first-order valence-electron chi connectivity index (χ1n) is 6.12. The summed E-state index contributed by atoms with van der Waals surface area (Å²) in [5.74, 6) is -1.09. The second kappa shape index (κ2) is 5.73. The van der Waals surface area contributed by atoms with Gasteiger partial charge in [-0.1, -0.05) is 30.3 Å². The molecular formula is C15H15FO3S. The molecule has 1 atom stereocenters. The number of rotatable bonds is 4. The van der Waals surface area contributed by atoms with Gasteiger partial charge >= 0.3 is 0 Å². The Kier molecular flexibility index (Phi) is 4.20. The molecule has 20 heavy (non-hydrogen) atoms. The molecule has 1 N–H and O–H groups in total. The molecule has 0 bridgehead atoms. The third-order valence-electron chi connectivity index (χ3n) is 3.08. The predicted molar refractivity (Wildman–Crippen MR) is 74.6 cm³/mol. The van der Waals surface area contributed by atoms with Crippen molar-refractivity contribution in [1.29, 1.82) is 0 Å². The maximum absolute atomic E-state index is 13.1. The molecule has 0 spiro atoms. The lowest BCUT2D eigenvalue weighted by Gasteiger charge is -2.14. The molecule has 0 saturated carbocycles. The van der Waals surface area contributed by atoms with Crippen molar-refractivity contribution in [3.8, 4) is 0 Å². The van der Waals surface area contributed by atoms with Crippen LogP contribution >= 0.6 is 0 Å². The molecule has 0 radical (unpaired) electrons. The van der Waals surface area contributed by atoms with E-state index >= 15 is 0 Å². The number of aliphatic hydroxyl groups is 1. The van der Waals surface area contributed by atoms with E-state index in [1.54, 1.807) is 25.1 Å². The van der Waals surface area contributed by atoms with Gasteiger partial charge in [0.15, 0.2) is 9.84 Å². The lowest BCUT2D eigenvalue weighted by atomic mass is 10.1. The van der Waals surface area contributed by atoms with Gasteiger partial charge in [-0.25, -0.2) is 12.8 Å². The third kappa shape index (κ3) is 3.23. The van der Waals surface area contributed by atoms with Gasteiger partial charge in [-0.2, -0.15) is 0 Å². The smallest absolute Gasteiger partial charge is 0.181 e. The maximum Gasteiger partial charge on any atom is 0.181 e. The van der Waals surface area contributed by atoms with Crippen molar-refractivity contribution in [3.05, 3.63) is 65.5 Å². The molecule has 3 nitrogen and oxygen atoms in total. The van der Waals surface area contributed by atoms with Gasteiger partial charge in [0.2, 0.25) is 0 Å². The fourth-order valence-electron chi connectivity index (χ4n) is 2.01. The predicted octanol–water partition coefficient (Wildman–Crippen LogP) is 2.64. The second-order valence-electron chi connectivity index (χ2n) is 4.61. The molecule has 0 fully saturated rings. The Labute approximate surface area is 117 Å². The van der Waals surface area contributed by atoms with E-state index < -0.39 is 27.5 Å². The van der Waals surface area contributed by atoms with Crippen molar-refractivity contribution >= 4 is 9.84 Å². The lowest BCUT2D eigenvalue weighted by Crippen LogP contribution is -2.15. The summed E-state index contributed by atoms with van der Waals surface area (Å²) in [6.45, 7) is 1.80. The van der Waals surface area contributed by atoms with Gasteiger partial charge in [0, 0.05) is 0 Å². The monoisotopic (exact) mass is 294 g/mol. The van der Waals surface area contributed by atoms with Crippen molar-refractivity contribution in [1.82, 2.24) is 0 Å². The third-order valence-corrected chi connectivity index (χ3v) is 4.81. The van der Waals surface area contributed by atoms with E-state index in [4.69, 9.17) is 0 Å². The standard InChI is InChI=1S/C15H15FO3S/c1-11-5-2-3-8-14(11)15(17)10-20(18,19)13-7-4-6-12(16)9-13/h2-9,15,17H,10H2,1H3. The van der Waals surface area contributed by atoms with Crippen LogP contribution in [0, 0.1) is 12.7 Å². The highest BCUT2D eigenvalue weighted by Crippen LogP contribution is 2.22. The Morgan fingerprint density at radius 3 is 2.50 bits per heavy atom. The van der Waals surface area contributed by atoms with Crippen molar-refractivity contribution in [2.75, 3.05) is 5.75 Å². The zero-order chi connectivity index (χ0) is 14.8. The molecular weight excluding hydrogens is 279 g/mol. The number of aliphatic hydroxyl groups excluding tert-OH is 1. The van der Waals surface area contributed by atoms with E-state index in [0.29, 0.717) is 5.56 Å². The first-order chi connectivity index (χ1) is 9.40. The van der Waals surface area contributed by atoms with Gasteiger partial charge in [-0.05, 0) is 36.2 Å². The van der Waals surface area contributed by atoms with Crippen LogP contribution < -0.4 is 0 Å². The molecule has 2 aromatic carbocycles. The molecule has 5 heteroatoms. The first kappa shape index (κ1) is 14.7. The number of hydrogen-bond acceptors (Lipinski definition) is 3. The highest BCUT2D eigenvalue weighted by molar-refractivity contribution is 7.91. The summed E-state index contributed by atoms with van der Waals surface area (Å²) >= 11 is 0. The lowest BCUT2D eigenvalue weighted by molar-refractivity contribution is 0.201. The molecule has 0 aromatic heterocycles. The highest BCUT2D eigenvalue weighted by Gasteiger charge is 2.22. The average molecular weight is 294 g/mol. The molecule has 2 aromatic rings. The number of aryl methyl sites for hydroxylation is 1. The molecule has 0 amide bonds. The average Bonchev–Trinajstić information content (AvgIpc) is 2.38. The number of hydrogen-bond donors (Lipinski definition) is 1. The Balaban J connectivity index is 2.27. The summed E-state index contributed by atoms with van der Waals surface area (Å²) in [4.78, 5) is -0.120. The summed E-state index contributed by atoms with van der Waals surface area (Å²) in [6, 6.07) is 11.8. The van der Waals surface area contributed by atoms with E-state index in [1.165, 1.54) is 18.2 Å². The molecule has 1 unspecified atom stereocenters. The van der Waals surface area contributed by atoms with Crippen molar-refractivity contribution in [2.45, 2.75) is 17.9 Å². The molecule has 0 aliphatic rings. The largest absolute Gasteiger partial charge is 0.387 e. The second-order valence-corrected chi connectivity index (χ2v) is 6.65. The van der Waals surface area contributed by atoms with Gasteiger partial charge < -0.3 is 5.11 Å². The van der Waals surface area contributed by atoms with Gasteiger partial charge in [-0.3, -0.25) is 0 Å². The van der Waals surface area contributed by atoms with Crippen LogP contribution in [0.2, 0.25) is 0 Å². The van der Waals surface area contributed by atoms with E-state index in [1.807, 2.05) is 6.07 Å². The Bertz CT molecular complexity index is 711. The van der Waals surface area contributed by atoms with Crippen LogP contribution in [0.3, 0.4) is 0 Å². The highest BCUT2D eigenvalue weighted by atomic mass is 32.2. The minimum Gasteiger partial charge on any atom is -0.387 e. The topological polar surface area (TPSA) is 54.4 Å². The van der Waals surface area contributed by atoms with Crippen LogP contribution in [0.1, 0.15) is 17.2 Å². The summed E-state index contributed by atoms with van der Waals surface area (Å²) in [5, 5.41) is 10.1. The molecule has 0 saturated heterocycles. The number of benzene rings is 2. The summed E-state index contributed by atoms with van der Waals surface area (Å²) in [7, 11) is -3.74. The van der Waals surface area contributed by atoms with Gasteiger partial charge in [0.25, 0.3) is 0 Å². The van der Waals surface area contributed by atoms with Crippen LogP contribution in [-0.2, 0) is 9.84 Å². The van der Waals surface area contributed by atoms with Gasteiger partial charge in [0.1, 0.15) is 5.82 Å². The minimum atomic E-state index is -3.74. The fourth-order valence-corrected chi connectivity index (χ4v) is 3.38. The number of halogens is 1. The molecule has 2 rings (SSSR count). The van der Waals surface area contributed by atoms with Crippen molar-refractivity contribution in [2.24, 2.45) is 0 Å². The minimum absolute atomic E-state index is 0.120. The molecule has 0 heterocycles. The van der Waals surface area contributed by atoms with Crippen LogP contribution in [0.4, 0.5) is 4.39 Å². The summed E-state index contributed by atoms with van der Waals surface area (Å²) < 4.78 is 37.4. The summed E-state index contributed by atoms with van der Waals surface area (Å²) in [6.07, 6.45) is -1.13. The SMILES string of the molecule is Cc1ccccc1C(O)CS(=O)(=O)c1cccc(F)c1. The molecule has 0 aliphatic heterocycles. The normalized spacial score (nSPS) is 13.2.